The Morgan fingerprint density at radius 2 is 1.85 bits per heavy atom. The van der Waals surface area contributed by atoms with E-state index in [0.29, 0.717) is 30.0 Å². The molecule has 0 spiro atoms. The van der Waals surface area contributed by atoms with Crippen LogP contribution in [-0.4, -0.2) is 47.5 Å². The number of anilines is 1. The summed E-state index contributed by atoms with van der Waals surface area (Å²) in [6.07, 6.45) is -3.62. The van der Waals surface area contributed by atoms with Crippen molar-refractivity contribution in [1.82, 2.24) is 15.1 Å². The molecule has 39 heavy (non-hydrogen) atoms. The number of nitrogens with zero attached hydrogens (tertiary/aromatic N) is 4. The van der Waals surface area contributed by atoms with Crippen LogP contribution in [0, 0.1) is 18.3 Å². The number of hydrogen-bond acceptors (Lipinski definition) is 6. The van der Waals surface area contributed by atoms with Crippen LogP contribution < -0.4 is 10.2 Å². The highest BCUT2D eigenvalue weighted by Gasteiger charge is 2.50. The minimum absolute atomic E-state index is 0.0548. The van der Waals surface area contributed by atoms with Gasteiger partial charge in [0, 0.05) is 12.6 Å². The Hall–Kier alpha value is -3.56. The molecule has 1 saturated heterocycles. The first-order valence-corrected chi connectivity index (χ1v) is 14.0. The number of rotatable bonds is 6. The van der Waals surface area contributed by atoms with Crippen LogP contribution in [0.15, 0.2) is 59.5 Å². The van der Waals surface area contributed by atoms with Crippen molar-refractivity contribution in [1.29, 1.82) is 5.26 Å². The Labute approximate surface area is 227 Å². The molecule has 2 heterocycles. The van der Waals surface area contributed by atoms with Crippen LogP contribution in [0.25, 0.3) is 5.69 Å². The average Bonchev–Trinajstić information content (AvgIpc) is 3.32. The summed E-state index contributed by atoms with van der Waals surface area (Å²) in [5.41, 5.74) is -0.991. The van der Waals surface area contributed by atoms with E-state index in [4.69, 9.17) is 11.6 Å². The first kappa shape index (κ1) is 27.0. The Bertz CT molecular complexity index is 1580. The van der Waals surface area contributed by atoms with Gasteiger partial charge in [-0.25, -0.2) is 13.1 Å². The molecule has 3 aromatic rings. The van der Waals surface area contributed by atoms with E-state index in [0.717, 1.165) is 12.1 Å². The molecule has 2 aromatic carbocycles. The van der Waals surface area contributed by atoms with Crippen LogP contribution >= 0.6 is 11.6 Å². The van der Waals surface area contributed by atoms with Gasteiger partial charge >= 0.3 is 6.18 Å². The lowest BCUT2D eigenvalue weighted by molar-refractivity contribution is -0.137. The minimum atomic E-state index is -4.51. The Morgan fingerprint density at radius 3 is 2.44 bits per heavy atom. The smallest absolute Gasteiger partial charge is 0.343 e. The van der Waals surface area contributed by atoms with Crippen LogP contribution in [-0.2, 0) is 20.8 Å². The number of nitrogens with one attached hydrogen (secondary N) is 1. The molecule has 0 unspecified atom stereocenters. The van der Waals surface area contributed by atoms with E-state index in [1.807, 2.05) is 0 Å². The van der Waals surface area contributed by atoms with E-state index < -0.39 is 44.3 Å². The number of aromatic nitrogens is 2. The quantitative estimate of drug-likeness (QED) is 0.464. The van der Waals surface area contributed by atoms with Crippen LogP contribution in [0.3, 0.4) is 0 Å². The topological polar surface area (TPSA) is 108 Å². The summed E-state index contributed by atoms with van der Waals surface area (Å²) >= 11 is 6.20. The van der Waals surface area contributed by atoms with Crippen molar-refractivity contribution in [3.63, 3.8) is 0 Å². The molecule has 13 heteroatoms. The molecule has 5 rings (SSSR count). The predicted molar refractivity (Wildman–Crippen MR) is 137 cm³/mol. The summed E-state index contributed by atoms with van der Waals surface area (Å²) < 4.78 is 68.0. The number of sulfone groups is 1. The first-order chi connectivity index (χ1) is 18.3. The third kappa shape index (κ3) is 5.08. The minimum Gasteiger partial charge on any atom is -0.343 e. The van der Waals surface area contributed by atoms with E-state index in [1.54, 1.807) is 30.0 Å². The van der Waals surface area contributed by atoms with Crippen molar-refractivity contribution in [2.75, 3.05) is 11.4 Å². The summed E-state index contributed by atoms with van der Waals surface area (Å²) in [7, 11) is -3.98. The van der Waals surface area contributed by atoms with Crippen molar-refractivity contribution >= 4 is 33.2 Å². The van der Waals surface area contributed by atoms with Crippen molar-refractivity contribution in [2.45, 2.75) is 54.1 Å². The number of halogens is 4. The SMILES string of the molecule is Cc1cc(N2C[C@H](S(=O)(=O)c3ccccc3Cl)C[C@H]2C(=O)NC2(C#N)CC2)n(-c2ccc(C(F)(F)F)cc2)n1. The molecular formula is C26H23ClF3N5O3S. The summed E-state index contributed by atoms with van der Waals surface area (Å²) in [6.45, 7) is 1.58. The lowest BCUT2D eigenvalue weighted by atomic mass is 10.1. The standard InChI is InChI=1S/C26H23ClF3N5O3S/c1-16-12-23(35(33-16)18-8-6-17(7-9-18)26(28,29)30)34-14-19(39(37,38)22-5-3-2-4-20(22)27)13-21(34)24(36)32-25(15-31)10-11-25/h2-9,12,19,21H,10-11,13-14H2,1H3,(H,32,36)/t19-,21+/m1/s1. The van der Waals surface area contributed by atoms with E-state index >= 15 is 0 Å². The summed E-state index contributed by atoms with van der Waals surface area (Å²) in [6, 6.07) is 13.2. The zero-order chi connectivity index (χ0) is 28.2. The molecule has 1 aliphatic carbocycles. The van der Waals surface area contributed by atoms with Gasteiger partial charge in [0.05, 0.1) is 38.2 Å². The predicted octanol–water partition coefficient (Wildman–Crippen LogP) is 4.45. The molecule has 2 aliphatic rings. The van der Waals surface area contributed by atoms with Crippen LogP contribution in [0.2, 0.25) is 5.02 Å². The molecular weight excluding hydrogens is 555 g/mol. The second-order valence-corrected chi connectivity index (χ2v) is 12.4. The number of aryl methyl sites for hydroxylation is 1. The summed E-state index contributed by atoms with van der Waals surface area (Å²) in [5.74, 6) is -0.171. The molecule has 1 N–H and O–H groups in total. The summed E-state index contributed by atoms with van der Waals surface area (Å²) in [4.78, 5) is 15.0. The number of hydrogen-bond donors (Lipinski definition) is 1. The Morgan fingerprint density at radius 1 is 1.18 bits per heavy atom. The van der Waals surface area contributed by atoms with Gasteiger partial charge in [0.15, 0.2) is 9.84 Å². The maximum atomic E-state index is 13.6. The number of benzene rings is 2. The highest BCUT2D eigenvalue weighted by molar-refractivity contribution is 7.92. The average molecular weight is 578 g/mol. The maximum absolute atomic E-state index is 13.6. The fourth-order valence-corrected chi connectivity index (χ4v) is 6.98. The van der Waals surface area contributed by atoms with Gasteiger partial charge in [0.1, 0.15) is 17.4 Å². The molecule has 2 fully saturated rings. The monoisotopic (exact) mass is 577 g/mol. The highest BCUT2D eigenvalue weighted by atomic mass is 35.5. The lowest BCUT2D eigenvalue weighted by Gasteiger charge is -2.27. The fraction of sp³-hybridized carbons (Fsp3) is 0.346. The third-order valence-electron chi connectivity index (χ3n) is 7.02. The molecule has 204 valence electrons. The number of carbonyl (C=O) groups is 1. The molecule has 1 saturated carbocycles. The van der Waals surface area contributed by atoms with E-state index in [9.17, 15) is 31.6 Å². The highest BCUT2D eigenvalue weighted by Crippen LogP contribution is 2.38. The van der Waals surface area contributed by atoms with Crippen LogP contribution in [0.5, 0.6) is 0 Å². The zero-order valence-corrected chi connectivity index (χ0v) is 22.2. The zero-order valence-electron chi connectivity index (χ0n) is 20.6. The Balaban J connectivity index is 1.55. The molecule has 8 nitrogen and oxygen atoms in total. The van der Waals surface area contributed by atoms with Gasteiger partial charge in [-0.2, -0.15) is 23.5 Å². The molecule has 1 amide bonds. The third-order valence-corrected chi connectivity index (χ3v) is 9.65. The molecule has 1 aromatic heterocycles. The molecule has 0 bridgehead atoms. The van der Waals surface area contributed by atoms with Gasteiger partial charge in [-0.3, -0.25) is 4.79 Å². The Kier molecular flexibility index (Phi) is 6.63. The second-order valence-electron chi connectivity index (χ2n) is 9.78. The van der Waals surface area contributed by atoms with Crippen LogP contribution in [0.4, 0.5) is 19.0 Å². The van der Waals surface area contributed by atoms with Gasteiger partial charge in [-0.1, -0.05) is 23.7 Å². The number of nitriles is 1. The van der Waals surface area contributed by atoms with Gasteiger partial charge < -0.3 is 10.2 Å². The fourth-order valence-electron chi connectivity index (χ4n) is 4.76. The van der Waals surface area contributed by atoms with Gasteiger partial charge in [-0.15, -0.1) is 0 Å². The summed E-state index contributed by atoms with van der Waals surface area (Å²) in [5, 5.41) is 15.7. The first-order valence-electron chi connectivity index (χ1n) is 12.1. The molecule has 2 atom stereocenters. The van der Waals surface area contributed by atoms with Crippen LogP contribution in [0.1, 0.15) is 30.5 Å². The van der Waals surface area contributed by atoms with Crippen molar-refractivity contribution in [3.05, 3.63) is 70.9 Å². The van der Waals surface area contributed by atoms with E-state index in [-0.39, 0.29) is 22.9 Å². The van der Waals surface area contributed by atoms with Gasteiger partial charge in [0.2, 0.25) is 5.91 Å². The van der Waals surface area contributed by atoms with Gasteiger partial charge in [-0.05, 0) is 62.6 Å². The number of carbonyl (C=O) groups excluding carboxylic acids is 1. The van der Waals surface area contributed by atoms with E-state index in [1.165, 1.54) is 28.9 Å². The van der Waals surface area contributed by atoms with Crippen molar-refractivity contribution in [2.24, 2.45) is 0 Å². The molecule has 0 radical (unpaired) electrons. The number of amides is 1. The number of alkyl halides is 3. The van der Waals surface area contributed by atoms with E-state index in [2.05, 4.69) is 16.5 Å². The van der Waals surface area contributed by atoms with Crippen molar-refractivity contribution < 1.29 is 26.4 Å². The van der Waals surface area contributed by atoms with Crippen molar-refractivity contribution in [3.8, 4) is 11.8 Å². The maximum Gasteiger partial charge on any atom is 0.416 e. The molecule has 1 aliphatic heterocycles. The van der Waals surface area contributed by atoms with Gasteiger partial charge in [0.25, 0.3) is 0 Å². The normalized spacial score (nSPS) is 20.5. The largest absolute Gasteiger partial charge is 0.416 e. The lowest BCUT2D eigenvalue weighted by Crippen LogP contribution is -2.48. The second kappa shape index (κ2) is 9.57.